The van der Waals surface area contributed by atoms with Crippen molar-refractivity contribution in [1.29, 1.82) is 0 Å². The molecule has 15 heavy (non-hydrogen) atoms. The summed E-state index contributed by atoms with van der Waals surface area (Å²) in [5, 5.41) is 3.24. The maximum atomic E-state index is 11.8. The van der Waals surface area contributed by atoms with Gasteiger partial charge in [0.15, 0.2) is 0 Å². The molecule has 0 bridgehead atoms. The Hall–Kier alpha value is -0.480. The van der Waals surface area contributed by atoms with Crippen LogP contribution in [0.2, 0.25) is 0 Å². The smallest absolute Gasteiger partial charge is 0.107 e. The van der Waals surface area contributed by atoms with Crippen molar-refractivity contribution in [3.8, 4) is 0 Å². The molecule has 0 fully saturated rings. The standard InChI is InChI=1S/C11H19FN2S/c1-10-9-15-11(13-10)8-14(2)7-5-3-4-6-12/h9H,3-8H2,1-2H3. The van der Waals surface area contributed by atoms with E-state index in [0.29, 0.717) is 6.42 Å². The summed E-state index contributed by atoms with van der Waals surface area (Å²) in [6.07, 6.45) is 2.76. The third kappa shape index (κ3) is 5.23. The predicted molar refractivity (Wildman–Crippen MR) is 63.0 cm³/mol. The van der Waals surface area contributed by atoms with E-state index in [-0.39, 0.29) is 6.67 Å². The predicted octanol–water partition coefficient (Wildman–Crippen LogP) is 3.02. The fourth-order valence-electron chi connectivity index (χ4n) is 1.44. The van der Waals surface area contributed by atoms with Gasteiger partial charge in [-0.05, 0) is 39.8 Å². The average molecular weight is 230 g/mol. The van der Waals surface area contributed by atoms with Crippen LogP contribution in [0.5, 0.6) is 0 Å². The molecule has 1 aromatic heterocycles. The second-order valence-corrected chi connectivity index (χ2v) is 4.81. The highest BCUT2D eigenvalue weighted by Gasteiger charge is 2.03. The highest BCUT2D eigenvalue weighted by molar-refractivity contribution is 7.09. The van der Waals surface area contributed by atoms with Crippen molar-refractivity contribution >= 4 is 11.3 Å². The topological polar surface area (TPSA) is 16.1 Å². The third-order valence-electron chi connectivity index (χ3n) is 2.25. The maximum Gasteiger partial charge on any atom is 0.107 e. The lowest BCUT2D eigenvalue weighted by molar-refractivity contribution is 0.313. The maximum absolute atomic E-state index is 11.8. The number of thiazole rings is 1. The first-order valence-electron chi connectivity index (χ1n) is 5.38. The molecule has 0 atom stereocenters. The monoisotopic (exact) mass is 230 g/mol. The molecular weight excluding hydrogens is 211 g/mol. The Morgan fingerprint density at radius 3 is 2.80 bits per heavy atom. The van der Waals surface area contributed by atoms with Crippen LogP contribution in [0.4, 0.5) is 4.39 Å². The number of halogens is 1. The fraction of sp³-hybridized carbons (Fsp3) is 0.727. The number of unbranched alkanes of at least 4 members (excludes halogenated alkanes) is 2. The van der Waals surface area contributed by atoms with E-state index < -0.39 is 0 Å². The lowest BCUT2D eigenvalue weighted by Gasteiger charge is -2.14. The molecule has 2 nitrogen and oxygen atoms in total. The van der Waals surface area contributed by atoms with Crippen molar-refractivity contribution in [3.05, 3.63) is 16.1 Å². The highest BCUT2D eigenvalue weighted by Crippen LogP contribution is 2.11. The summed E-state index contributed by atoms with van der Waals surface area (Å²) < 4.78 is 11.8. The average Bonchev–Trinajstić information content (AvgIpc) is 2.59. The van der Waals surface area contributed by atoms with Gasteiger partial charge in [0.05, 0.1) is 13.2 Å². The summed E-state index contributed by atoms with van der Waals surface area (Å²) in [6.45, 7) is 3.77. The molecule has 4 heteroatoms. The number of nitrogens with zero attached hydrogens (tertiary/aromatic N) is 2. The van der Waals surface area contributed by atoms with Gasteiger partial charge in [0.25, 0.3) is 0 Å². The van der Waals surface area contributed by atoms with Gasteiger partial charge in [-0.1, -0.05) is 0 Å². The molecule has 86 valence electrons. The van der Waals surface area contributed by atoms with Gasteiger partial charge >= 0.3 is 0 Å². The minimum atomic E-state index is -0.185. The van der Waals surface area contributed by atoms with Gasteiger partial charge in [-0.15, -0.1) is 11.3 Å². The van der Waals surface area contributed by atoms with E-state index in [1.165, 1.54) is 5.01 Å². The zero-order valence-corrected chi connectivity index (χ0v) is 10.3. The first-order chi connectivity index (χ1) is 7.22. The Morgan fingerprint density at radius 2 is 2.20 bits per heavy atom. The van der Waals surface area contributed by atoms with Crippen LogP contribution in [0.25, 0.3) is 0 Å². The SMILES string of the molecule is Cc1csc(CN(C)CCCCCF)n1. The van der Waals surface area contributed by atoms with E-state index in [4.69, 9.17) is 0 Å². The van der Waals surface area contributed by atoms with Crippen LogP contribution in [-0.2, 0) is 6.54 Å². The molecule has 1 heterocycles. The van der Waals surface area contributed by atoms with E-state index in [9.17, 15) is 4.39 Å². The van der Waals surface area contributed by atoms with Crippen LogP contribution in [0.1, 0.15) is 30.0 Å². The summed E-state index contributed by atoms with van der Waals surface area (Å²) in [7, 11) is 2.09. The first kappa shape index (κ1) is 12.6. The number of alkyl halides is 1. The number of aromatic nitrogens is 1. The quantitative estimate of drug-likeness (QED) is 0.669. The lowest BCUT2D eigenvalue weighted by Crippen LogP contribution is -2.19. The van der Waals surface area contributed by atoms with Gasteiger partial charge in [-0.25, -0.2) is 4.98 Å². The molecule has 0 spiro atoms. The second-order valence-electron chi connectivity index (χ2n) is 3.87. The molecule has 0 aliphatic rings. The summed E-state index contributed by atoms with van der Waals surface area (Å²) in [6, 6.07) is 0. The van der Waals surface area contributed by atoms with Crippen LogP contribution >= 0.6 is 11.3 Å². The normalized spacial score (nSPS) is 11.2. The first-order valence-corrected chi connectivity index (χ1v) is 6.26. The van der Waals surface area contributed by atoms with Crippen LogP contribution in [-0.4, -0.2) is 30.2 Å². The van der Waals surface area contributed by atoms with E-state index in [0.717, 1.165) is 31.6 Å². The third-order valence-corrected chi connectivity index (χ3v) is 3.20. The minimum Gasteiger partial charge on any atom is -0.300 e. The molecule has 1 rings (SSSR count). The van der Waals surface area contributed by atoms with Gasteiger partial charge in [0, 0.05) is 11.1 Å². The Kier molecular flexibility index (Phi) is 5.79. The number of rotatable bonds is 7. The number of aryl methyl sites for hydroxylation is 1. The molecule has 0 aliphatic heterocycles. The second kappa shape index (κ2) is 6.90. The van der Waals surface area contributed by atoms with Gasteiger partial charge < -0.3 is 0 Å². The van der Waals surface area contributed by atoms with Gasteiger partial charge in [0.2, 0.25) is 0 Å². The molecule has 0 saturated carbocycles. The van der Waals surface area contributed by atoms with Crippen molar-refractivity contribution < 1.29 is 4.39 Å². The van der Waals surface area contributed by atoms with Crippen molar-refractivity contribution in [2.45, 2.75) is 32.7 Å². The summed E-state index contributed by atoms with van der Waals surface area (Å²) in [5.41, 5.74) is 1.10. The van der Waals surface area contributed by atoms with E-state index in [1.807, 2.05) is 6.92 Å². The molecule has 0 saturated heterocycles. The summed E-state index contributed by atoms with van der Waals surface area (Å²) >= 11 is 1.71. The van der Waals surface area contributed by atoms with Crippen molar-refractivity contribution in [3.63, 3.8) is 0 Å². The summed E-state index contributed by atoms with van der Waals surface area (Å²) in [5.74, 6) is 0. The van der Waals surface area contributed by atoms with Crippen LogP contribution < -0.4 is 0 Å². The molecule has 0 amide bonds. The van der Waals surface area contributed by atoms with E-state index in [1.54, 1.807) is 11.3 Å². The molecule has 1 aromatic rings. The van der Waals surface area contributed by atoms with Gasteiger partial charge in [-0.3, -0.25) is 9.29 Å². The molecule has 0 aromatic carbocycles. The van der Waals surface area contributed by atoms with Crippen LogP contribution in [0, 0.1) is 6.92 Å². The number of hydrogen-bond acceptors (Lipinski definition) is 3. The van der Waals surface area contributed by atoms with Crippen LogP contribution in [0.3, 0.4) is 0 Å². The zero-order valence-electron chi connectivity index (χ0n) is 9.50. The van der Waals surface area contributed by atoms with E-state index >= 15 is 0 Å². The number of hydrogen-bond donors (Lipinski definition) is 0. The minimum absolute atomic E-state index is 0.185. The molecule has 0 N–H and O–H groups in total. The lowest BCUT2D eigenvalue weighted by atomic mass is 10.2. The van der Waals surface area contributed by atoms with E-state index in [2.05, 4.69) is 22.3 Å². The summed E-state index contributed by atoms with van der Waals surface area (Å²) in [4.78, 5) is 6.66. The Labute approximate surface area is 95.1 Å². The molecule has 0 unspecified atom stereocenters. The zero-order chi connectivity index (χ0) is 11.1. The van der Waals surface area contributed by atoms with Gasteiger partial charge in [-0.2, -0.15) is 0 Å². The van der Waals surface area contributed by atoms with Crippen molar-refractivity contribution in [1.82, 2.24) is 9.88 Å². The molecule has 0 radical (unpaired) electrons. The van der Waals surface area contributed by atoms with Crippen LogP contribution in [0.15, 0.2) is 5.38 Å². The Balaban J connectivity index is 2.15. The fourth-order valence-corrected chi connectivity index (χ4v) is 2.29. The highest BCUT2D eigenvalue weighted by atomic mass is 32.1. The van der Waals surface area contributed by atoms with Crippen molar-refractivity contribution in [2.24, 2.45) is 0 Å². The molecule has 0 aliphatic carbocycles. The Morgan fingerprint density at radius 1 is 1.40 bits per heavy atom. The van der Waals surface area contributed by atoms with Crippen molar-refractivity contribution in [2.75, 3.05) is 20.3 Å². The largest absolute Gasteiger partial charge is 0.300 e. The van der Waals surface area contributed by atoms with Gasteiger partial charge in [0.1, 0.15) is 5.01 Å². The Bertz CT molecular complexity index is 275. The molecular formula is C11H19FN2S.